The average Bonchev–Trinajstić information content (AvgIpc) is 3.58. The minimum absolute atomic E-state index is 1.10. The Morgan fingerprint density at radius 3 is 1.63 bits per heavy atom. The number of benzene rings is 9. The van der Waals surface area contributed by atoms with Gasteiger partial charge < -0.3 is 9.47 Å². The van der Waals surface area contributed by atoms with Crippen LogP contribution >= 0.6 is 0 Å². The third-order valence-electron chi connectivity index (χ3n) is 10.5. The first-order valence-corrected chi connectivity index (χ1v) is 18.5. The molecule has 1 heterocycles. The monoisotopic (exact) mass is 688 g/mol. The molecule has 0 saturated carbocycles. The molecule has 0 aliphatic carbocycles. The van der Waals surface area contributed by atoms with E-state index in [-0.39, 0.29) is 0 Å². The number of rotatable bonds is 7. The molecule has 0 amide bonds. The molecule has 54 heavy (non-hydrogen) atoms. The lowest BCUT2D eigenvalue weighted by Gasteiger charge is -2.26. The van der Waals surface area contributed by atoms with Gasteiger partial charge in [0.1, 0.15) is 0 Å². The zero-order chi connectivity index (χ0) is 35.8. The Morgan fingerprint density at radius 2 is 0.852 bits per heavy atom. The van der Waals surface area contributed by atoms with E-state index in [1.807, 2.05) is 0 Å². The molecule has 2 nitrogen and oxygen atoms in total. The second-order valence-corrected chi connectivity index (χ2v) is 13.8. The quantitative estimate of drug-likeness (QED) is 0.162. The molecular formula is C52H36N2. The number of para-hydroxylation sites is 2. The molecule has 0 radical (unpaired) electrons. The van der Waals surface area contributed by atoms with Crippen molar-refractivity contribution in [1.82, 2.24) is 4.57 Å². The van der Waals surface area contributed by atoms with Gasteiger partial charge in [-0.15, -0.1) is 0 Å². The highest BCUT2D eigenvalue weighted by Gasteiger charge is 2.17. The molecule has 254 valence electrons. The molecule has 2 heteroatoms. The van der Waals surface area contributed by atoms with Crippen LogP contribution < -0.4 is 4.90 Å². The smallest absolute Gasteiger partial charge is 0.0541 e. The van der Waals surface area contributed by atoms with Gasteiger partial charge >= 0.3 is 0 Å². The van der Waals surface area contributed by atoms with Crippen LogP contribution in [0.3, 0.4) is 0 Å². The van der Waals surface area contributed by atoms with Crippen molar-refractivity contribution in [1.29, 1.82) is 0 Å². The fourth-order valence-electron chi connectivity index (χ4n) is 8.01. The summed E-state index contributed by atoms with van der Waals surface area (Å²) in [5, 5.41) is 4.98. The van der Waals surface area contributed by atoms with Gasteiger partial charge in [0.05, 0.1) is 11.0 Å². The highest BCUT2D eigenvalue weighted by molar-refractivity contribution is 6.11. The van der Waals surface area contributed by atoms with E-state index in [9.17, 15) is 0 Å². The van der Waals surface area contributed by atoms with Crippen molar-refractivity contribution in [2.75, 3.05) is 4.90 Å². The van der Waals surface area contributed by atoms with Crippen LogP contribution in [-0.4, -0.2) is 4.57 Å². The van der Waals surface area contributed by atoms with Crippen molar-refractivity contribution in [2.24, 2.45) is 0 Å². The summed E-state index contributed by atoms with van der Waals surface area (Å²) in [5.41, 5.74) is 14.1. The molecule has 0 bridgehead atoms. The van der Waals surface area contributed by atoms with Gasteiger partial charge in [-0.2, -0.15) is 0 Å². The van der Waals surface area contributed by atoms with E-state index in [0.717, 1.165) is 17.1 Å². The Balaban J connectivity index is 1.09. The third kappa shape index (κ3) is 5.62. The van der Waals surface area contributed by atoms with E-state index in [4.69, 9.17) is 0 Å². The van der Waals surface area contributed by atoms with Gasteiger partial charge in [-0.05, 0) is 111 Å². The number of aromatic nitrogens is 1. The SMILES string of the molecule is c1ccc(-c2cccc(N(c3ccccc3)c3cccc(-c4ccccc4-c4ccc5c(c4)c4ccccc4n5-c4ccc5ccccc5c4)c3)c2)cc1. The van der Waals surface area contributed by atoms with Crippen LogP contribution in [0.4, 0.5) is 17.1 Å². The normalized spacial score (nSPS) is 11.3. The minimum Gasteiger partial charge on any atom is -0.310 e. The summed E-state index contributed by atoms with van der Waals surface area (Å²) >= 11 is 0. The first-order chi connectivity index (χ1) is 26.8. The summed E-state index contributed by atoms with van der Waals surface area (Å²) in [6, 6.07) is 78.9. The Hall–Kier alpha value is -7.16. The van der Waals surface area contributed by atoms with Crippen LogP contribution in [0.2, 0.25) is 0 Å². The fraction of sp³-hybridized carbons (Fsp3) is 0. The molecule has 0 fully saturated rings. The van der Waals surface area contributed by atoms with Crippen LogP contribution in [0.5, 0.6) is 0 Å². The van der Waals surface area contributed by atoms with Crippen LogP contribution in [0.1, 0.15) is 0 Å². The van der Waals surface area contributed by atoms with E-state index in [1.165, 1.54) is 71.6 Å². The van der Waals surface area contributed by atoms with E-state index in [2.05, 4.69) is 228 Å². The summed E-state index contributed by atoms with van der Waals surface area (Å²) in [6.45, 7) is 0. The standard InChI is InChI=1S/C52H36N2/c1-3-15-37(16-4-1)40-19-13-23-44(33-40)53(43-21-5-2-6-22-43)45-24-14-20-41(35-45)47-25-9-10-26-48(47)42-30-32-52-50(36-42)49-27-11-12-28-51(49)54(52)46-31-29-38-17-7-8-18-39(38)34-46/h1-36H. The molecule has 0 N–H and O–H groups in total. The van der Waals surface area contributed by atoms with Crippen molar-refractivity contribution < 1.29 is 0 Å². The number of anilines is 3. The molecule has 0 aliphatic heterocycles. The predicted octanol–water partition coefficient (Wildman–Crippen LogP) is 14.4. The molecule has 0 unspecified atom stereocenters. The van der Waals surface area contributed by atoms with Crippen molar-refractivity contribution in [3.05, 3.63) is 218 Å². The first kappa shape index (κ1) is 31.6. The van der Waals surface area contributed by atoms with Crippen molar-refractivity contribution in [2.45, 2.75) is 0 Å². The first-order valence-electron chi connectivity index (χ1n) is 18.5. The molecule has 0 aliphatic rings. The second kappa shape index (κ2) is 13.4. The van der Waals surface area contributed by atoms with Crippen LogP contribution in [0.15, 0.2) is 218 Å². The number of nitrogens with zero attached hydrogens (tertiary/aromatic N) is 2. The van der Waals surface area contributed by atoms with Crippen LogP contribution in [0, 0.1) is 0 Å². The molecule has 10 aromatic rings. The molecule has 1 aromatic heterocycles. The van der Waals surface area contributed by atoms with Gasteiger partial charge in [-0.25, -0.2) is 0 Å². The van der Waals surface area contributed by atoms with Crippen molar-refractivity contribution in [3.63, 3.8) is 0 Å². The average molecular weight is 689 g/mol. The summed E-state index contributed by atoms with van der Waals surface area (Å²) in [7, 11) is 0. The maximum atomic E-state index is 2.40. The van der Waals surface area contributed by atoms with Crippen LogP contribution in [-0.2, 0) is 0 Å². The third-order valence-corrected chi connectivity index (χ3v) is 10.5. The molecule has 0 saturated heterocycles. The maximum Gasteiger partial charge on any atom is 0.0541 e. The van der Waals surface area contributed by atoms with Gasteiger partial charge in [0, 0.05) is 33.5 Å². The molecule has 0 atom stereocenters. The van der Waals surface area contributed by atoms with Gasteiger partial charge in [0.2, 0.25) is 0 Å². The lowest BCUT2D eigenvalue weighted by atomic mass is 9.93. The highest BCUT2D eigenvalue weighted by atomic mass is 15.1. The Bertz CT molecular complexity index is 2940. The van der Waals surface area contributed by atoms with Gasteiger partial charge in [-0.1, -0.05) is 152 Å². The largest absolute Gasteiger partial charge is 0.310 e. The maximum absolute atomic E-state index is 2.40. The number of fused-ring (bicyclic) bond motifs is 4. The topological polar surface area (TPSA) is 8.17 Å². The lowest BCUT2D eigenvalue weighted by molar-refractivity contribution is 1.19. The zero-order valence-corrected chi connectivity index (χ0v) is 29.7. The minimum atomic E-state index is 1.10. The Morgan fingerprint density at radius 1 is 0.296 bits per heavy atom. The second-order valence-electron chi connectivity index (χ2n) is 13.8. The Kier molecular flexibility index (Phi) is 7.85. The predicted molar refractivity (Wildman–Crippen MR) is 229 cm³/mol. The molecule has 0 spiro atoms. The Labute approximate surface area is 315 Å². The fourth-order valence-corrected chi connectivity index (χ4v) is 8.01. The highest BCUT2D eigenvalue weighted by Crippen LogP contribution is 2.41. The summed E-state index contributed by atoms with van der Waals surface area (Å²) < 4.78 is 2.40. The number of hydrogen-bond donors (Lipinski definition) is 0. The van der Waals surface area contributed by atoms with Gasteiger partial charge in [-0.3, -0.25) is 0 Å². The molecule has 10 rings (SSSR count). The van der Waals surface area contributed by atoms with Gasteiger partial charge in [0.25, 0.3) is 0 Å². The summed E-state index contributed by atoms with van der Waals surface area (Å²) in [4.78, 5) is 2.35. The van der Waals surface area contributed by atoms with E-state index >= 15 is 0 Å². The summed E-state index contributed by atoms with van der Waals surface area (Å²) in [5.74, 6) is 0. The zero-order valence-electron chi connectivity index (χ0n) is 29.7. The van der Waals surface area contributed by atoms with Crippen LogP contribution in [0.25, 0.3) is 71.6 Å². The van der Waals surface area contributed by atoms with E-state index in [0.29, 0.717) is 0 Å². The van der Waals surface area contributed by atoms with Gasteiger partial charge in [0.15, 0.2) is 0 Å². The molecule has 9 aromatic carbocycles. The van der Waals surface area contributed by atoms with E-state index in [1.54, 1.807) is 0 Å². The lowest BCUT2D eigenvalue weighted by Crippen LogP contribution is -2.10. The number of hydrogen-bond acceptors (Lipinski definition) is 1. The van der Waals surface area contributed by atoms with Crippen molar-refractivity contribution in [3.8, 4) is 39.1 Å². The van der Waals surface area contributed by atoms with Crippen molar-refractivity contribution >= 4 is 49.6 Å². The summed E-state index contributed by atoms with van der Waals surface area (Å²) in [6.07, 6.45) is 0. The van der Waals surface area contributed by atoms with E-state index < -0.39 is 0 Å². The molecular weight excluding hydrogens is 653 g/mol.